The minimum atomic E-state index is -0.401. The Kier molecular flexibility index (Phi) is 12.7. The average molecular weight is 541 g/mol. The number of nitrogens with one attached hydrogen (secondary N) is 2. The molecule has 3 amide bonds. The SMILES string of the molecule is O=C(CCCCCCC(=O)N/N=C/c1cccc(CN2C(=O)CC/C=C/CCC(=O)O[C@H]3CCC[C@@H]32)c1)NO. The van der Waals surface area contributed by atoms with E-state index in [0.29, 0.717) is 51.5 Å². The van der Waals surface area contributed by atoms with Crippen molar-refractivity contribution in [1.29, 1.82) is 0 Å². The van der Waals surface area contributed by atoms with Crippen molar-refractivity contribution < 1.29 is 29.1 Å². The molecule has 212 valence electrons. The molecule has 0 unspecified atom stereocenters. The van der Waals surface area contributed by atoms with Gasteiger partial charge in [-0.1, -0.05) is 43.2 Å². The van der Waals surface area contributed by atoms with Gasteiger partial charge in [0.1, 0.15) is 6.10 Å². The average Bonchev–Trinajstić information content (AvgIpc) is 3.37. The number of esters is 1. The van der Waals surface area contributed by atoms with Gasteiger partial charge in [0.25, 0.3) is 0 Å². The van der Waals surface area contributed by atoms with Crippen LogP contribution in [0.4, 0.5) is 0 Å². The van der Waals surface area contributed by atoms with Crippen LogP contribution in [-0.4, -0.2) is 52.2 Å². The van der Waals surface area contributed by atoms with E-state index in [9.17, 15) is 19.2 Å². The lowest BCUT2D eigenvalue weighted by Crippen LogP contribution is -2.45. The number of nitrogens with zero attached hydrogens (tertiary/aromatic N) is 2. The van der Waals surface area contributed by atoms with E-state index in [2.05, 4.69) is 10.5 Å². The Morgan fingerprint density at radius 2 is 1.77 bits per heavy atom. The first-order valence-electron chi connectivity index (χ1n) is 13.9. The molecule has 1 aliphatic carbocycles. The number of rotatable bonds is 11. The number of unbranched alkanes of at least 4 members (excludes halogenated alkanes) is 3. The molecule has 2 aliphatic rings. The van der Waals surface area contributed by atoms with Gasteiger partial charge in [-0.25, -0.2) is 10.9 Å². The van der Waals surface area contributed by atoms with Gasteiger partial charge >= 0.3 is 5.97 Å². The Morgan fingerprint density at radius 1 is 1.03 bits per heavy atom. The van der Waals surface area contributed by atoms with Crippen LogP contribution < -0.4 is 10.9 Å². The van der Waals surface area contributed by atoms with Gasteiger partial charge in [0, 0.05) is 32.2 Å². The summed E-state index contributed by atoms with van der Waals surface area (Å²) in [4.78, 5) is 50.4. The molecule has 2 atom stereocenters. The summed E-state index contributed by atoms with van der Waals surface area (Å²) in [6, 6.07) is 7.54. The number of hydrogen-bond donors (Lipinski definition) is 3. The molecule has 3 N–H and O–H groups in total. The fourth-order valence-corrected chi connectivity index (χ4v) is 4.99. The zero-order chi connectivity index (χ0) is 27.9. The van der Waals surface area contributed by atoms with E-state index in [4.69, 9.17) is 9.94 Å². The monoisotopic (exact) mass is 540 g/mol. The van der Waals surface area contributed by atoms with E-state index in [1.54, 1.807) is 11.7 Å². The first kappa shape index (κ1) is 30.0. The molecule has 10 heteroatoms. The molecular weight excluding hydrogens is 500 g/mol. The third kappa shape index (κ3) is 10.6. The number of carbonyl (C=O) groups excluding carboxylic acids is 4. The lowest BCUT2D eigenvalue weighted by molar-refractivity contribution is -0.155. The number of amides is 3. The highest BCUT2D eigenvalue weighted by molar-refractivity contribution is 5.82. The van der Waals surface area contributed by atoms with Gasteiger partial charge in [0.05, 0.1) is 12.3 Å². The van der Waals surface area contributed by atoms with Crippen molar-refractivity contribution in [3.8, 4) is 0 Å². The Hall–Kier alpha value is -3.53. The maximum Gasteiger partial charge on any atom is 0.306 e. The number of ether oxygens (including phenoxy) is 1. The topological polar surface area (TPSA) is 137 Å². The minimum absolute atomic E-state index is 0.0520. The maximum atomic E-state index is 13.2. The summed E-state index contributed by atoms with van der Waals surface area (Å²) in [6.07, 6.45) is 13.3. The van der Waals surface area contributed by atoms with Gasteiger partial charge in [-0.05, 0) is 62.1 Å². The van der Waals surface area contributed by atoms with E-state index >= 15 is 0 Å². The molecule has 10 nitrogen and oxygen atoms in total. The molecule has 1 saturated carbocycles. The Bertz CT molecular complexity index is 1040. The van der Waals surface area contributed by atoms with Crippen LogP contribution in [0.2, 0.25) is 0 Å². The van der Waals surface area contributed by atoms with Crippen LogP contribution >= 0.6 is 0 Å². The fourth-order valence-electron chi connectivity index (χ4n) is 4.99. The smallest absolute Gasteiger partial charge is 0.306 e. The second-order valence-corrected chi connectivity index (χ2v) is 10.1. The van der Waals surface area contributed by atoms with Crippen LogP contribution in [0.15, 0.2) is 41.5 Å². The third-order valence-corrected chi connectivity index (χ3v) is 7.02. The highest BCUT2D eigenvalue weighted by Gasteiger charge is 2.37. The summed E-state index contributed by atoms with van der Waals surface area (Å²) >= 11 is 0. The number of hydrogen-bond acceptors (Lipinski definition) is 7. The van der Waals surface area contributed by atoms with Crippen molar-refractivity contribution >= 4 is 29.9 Å². The van der Waals surface area contributed by atoms with Gasteiger partial charge < -0.3 is 9.64 Å². The normalized spacial score (nSPS) is 21.0. The molecule has 0 spiro atoms. The molecular formula is C29H40N4O6. The number of benzene rings is 1. The van der Waals surface area contributed by atoms with E-state index in [1.165, 1.54) is 0 Å². The molecule has 39 heavy (non-hydrogen) atoms. The zero-order valence-electron chi connectivity index (χ0n) is 22.5. The molecule has 1 heterocycles. The van der Waals surface area contributed by atoms with E-state index in [0.717, 1.165) is 43.2 Å². The molecule has 1 aromatic rings. The van der Waals surface area contributed by atoms with Crippen LogP contribution in [0.3, 0.4) is 0 Å². The predicted octanol–water partition coefficient (Wildman–Crippen LogP) is 3.91. The minimum Gasteiger partial charge on any atom is -0.460 e. The molecule has 3 rings (SSSR count). The highest BCUT2D eigenvalue weighted by Crippen LogP contribution is 2.30. The lowest BCUT2D eigenvalue weighted by atomic mass is 10.1. The van der Waals surface area contributed by atoms with Gasteiger partial charge in [0.15, 0.2) is 0 Å². The zero-order valence-corrected chi connectivity index (χ0v) is 22.5. The number of fused-ring (bicyclic) bond motifs is 1. The molecule has 1 fully saturated rings. The molecule has 0 radical (unpaired) electrons. The van der Waals surface area contributed by atoms with Crippen molar-refractivity contribution in [3.63, 3.8) is 0 Å². The number of allylic oxidation sites excluding steroid dienone is 2. The Labute approximate surface area is 229 Å². The fraction of sp³-hybridized carbons (Fsp3) is 0.552. The van der Waals surface area contributed by atoms with Crippen molar-refractivity contribution in [3.05, 3.63) is 47.5 Å². The van der Waals surface area contributed by atoms with Crippen molar-refractivity contribution in [1.82, 2.24) is 15.8 Å². The van der Waals surface area contributed by atoms with Crippen molar-refractivity contribution in [2.45, 2.75) is 102 Å². The van der Waals surface area contributed by atoms with Gasteiger partial charge in [-0.15, -0.1) is 0 Å². The summed E-state index contributed by atoms with van der Waals surface area (Å²) in [5.74, 6) is -0.744. The van der Waals surface area contributed by atoms with Gasteiger partial charge in [0.2, 0.25) is 17.7 Å². The molecule has 1 aromatic carbocycles. The van der Waals surface area contributed by atoms with Crippen LogP contribution in [0.5, 0.6) is 0 Å². The van der Waals surface area contributed by atoms with Crippen LogP contribution in [0.1, 0.15) is 94.6 Å². The second kappa shape index (κ2) is 16.4. The van der Waals surface area contributed by atoms with Crippen LogP contribution in [0, 0.1) is 0 Å². The number of hydroxylamine groups is 1. The standard InChI is InChI=1S/C29H40N4O6/c34-26(15-5-1-2-6-16-27(35)32-38)31-30-20-22-11-9-12-23(19-22)21-33-24-13-10-14-25(24)39-29(37)18-8-4-3-7-17-28(33)36/h3-4,9,11-12,19-20,24-25,38H,1-2,5-8,10,13-18,21H2,(H,31,34)(H,32,35)/b4-3+,30-20+/t24-,25-/m0/s1. The van der Waals surface area contributed by atoms with Crippen molar-refractivity contribution in [2.24, 2.45) is 5.10 Å². The van der Waals surface area contributed by atoms with Crippen LogP contribution in [-0.2, 0) is 30.5 Å². The van der Waals surface area contributed by atoms with Crippen LogP contribution in [0.25, 0.3) is 0 Å². The summed E-state index contributed by atoms with van der Waals surface area (Å²) in [5, 5.41) is 12.5. The number of carbonyl (C=O) groups is 4. The highest BCUT2D eigenvalue weighted by atomic mass is 16.5. The first-order valence-corrected chi connectivity index (χ1v) is 13.9. The molecule has 0 saturated heterocycles. The molecule has 0 bridgehead atoms. The second-order valence-electron chi connectivity index (χ2n) is 10.1. The first-order chi connectivity index (χ1) is 19.0. The largest absolute Gasteiger partial charge is 0.460 e. The summed E-state index contributed by atoms with van der Waals surface area (Å²) in [6.45, 7) is 0.412. The summed E-state index contributed by atoms with van der Waals surface area (Å²) < 4.78 is 5.77. The predicted molar refractivity (Wildman–Crippen MR) is 145 cm³/mol. The Morgan fingerprint density at radius 3 is 2.54 bits per heavy atom. The van der Waals surface area contributed by atoms with E-state index < -0.39 is 5.91 Å². The van der Waals surface area contributed by atoms with E-state index in [1.807, 2.05) is 41.3 Å². The van der Waals surface area contributed by atoms with Crippen molar-refractivity contribution in [2.75, 3.05) is 0 Å². The summed E-state index contributed by atoms with van der Waals surface area (Å²) in [7, 11) is 0. The van der Waals surface area contributed by atoms with E-state index in [-0.39, 0.29) is 36.4 Å². The number of hydrazone groups is 1. The Balaban J connectivity index is 1.53. The molecule has 1 aliphatic heterocycles. The van der Waals surface area contributed by atoms with Gasteiger partial charge in [-0.2, -0.15) is 5.10 Å². The van der Waals surface area contributed by atoms with Gasteiger partial charge in [-0.3, -0.25) is 24.4 Å². The third-order valence-electron chi connectivity index (χ3n) is 7.02. The molecule has 0 aromatic heterocycles. The summed E-state index contributed by atoms with van der Waals surface area (Å²) in [5.41, 5.74) is 5.89. The lowest BCUT2D eigenvalue weighted by Gasteiger charge is -2.33. The maximum absolute atomic E-state index is 13.2. The quantitative estimate of drug-likeness (QED) is 0.0972.